The van der Waals surface area contributed by atoms with Crippen molar-refractivity contribution in [1.29, 1.82) is 0 Å². The molecule has 79 heavy (non-hydrogen) atoms. The van der Waals surface area contributed by atoms with E-state index in [9.17, 15) is 28.4 Å². The Morgan fingerprint density at radius 3 is 2.16 bits per heavy atom. The van der Waals surface area contributed by atoms with Gasteiger partial charge in [0.25, 0.3) is 11.8 Å². The number of methoxy groups -OCH3 is 1. The first-order valence-corrected chi connectivity index (χ1v) is 30.2. The number of rotatable bonds is 17. The number of likely N-dealkylation sites (tertiary alicyclic amines) is 2. The molecule has 4 aliphatic heterocycles. The summed E-state index contributed by atoms with van der Waals surface area (Å²) in [6.07, 6.45) is 9.45. The molecule has 1 saturated carbocycles. The smallest absolute Gasteiger partial charge is 0.257 e. The second-order valence-electron chi connectivity index (χ2n) is 21.3. The first kappa shape index (κ1) is 56.5. The first-order chi connectivity index (χ1) is 38.3. The van der Waals surface area contributed by atoms with Crippen molar-refractivity contribution in [3.8, 4) is 5.75 Å². The highest BCUT2D eigenvalue weighted by atomic mass is 32.2. The molecule has 420 valence electrons. The number of morpholine rings is 1. The van der Waals surface area contributed by atoms with Gasteiger partial charge >= 0.3 is 0 Å². The number of carbonyl (C=O) groups excluding carboxylic acids is 5. The van der Waals surface area contributed by atoms with Crippen LogP contribution in [0.1, 0.15) is 112 Å². The highest BCUT2D eigenvalue weighted by Crippen LogP contribution is 2.40. The molecule has 3 aromatic carbocycles. The Bertz CT molecular complexity index is 2950. The Morgan fingerprint density at radius 2 is 1.49 bits per heavy atom. The van der Waals surface area contributed by atoms with Gasteiger partial charge in [-0.3, -0.25) is 34.2 Å². The number of nitrogens with one attached hydrogen (secondary N) is 3. The summed E-state index contributed by atoms with van der Waals surface area (Å²) in [5, 5.41) is 12.1. The molecule has 5 aromatic rings. The Balaban J connectivity index is 0.674. The van der Waals surface area contributed by atoms with Gasteiger partial charge < -0.3 is 39.7 Å². The van der Waals surface area contributed by atoms with Crippen LogP contribution >= 0.6 is 34.4 Å². The average molecular weight is 1140 g/mol. The fourth-order valence-corrected chi connectivity index (χ4v) is 14.7. The van der Waals surface area contributed by atoms with E-state index < -0.39 is 17.9 Å². The SMILES string of the molecule is CN[C@@H](C)C(=O)N[C@H](C(=O)N1CCC[C@H]1c1nc(C(=O)c2ccc(F)cc2)cs1)C1CCN(C2CCC(N3CCN(c4ccc(C(=O)Nc5ncc(Sc6cc(C(=O)N7CCOCC7)c(OC)cc6C)s5)cc4)CC3)CC2)CC1. The molecule has 3 atom stereocenters. The molecule has 0 spiro atoms. The van der Waals surface area contributed by atoms with Gasteiger partial charge in [-0.05, 0) is 157 Å². The van der Waals surface area contributed by atoms with E-state index in [2.05, 4.69) is 35.6 Å². The van der Waals surface area contributed by atoms with Crippen molar-refractivity contribution >= 4 is 74.7 Å². The van der Waals surface area contributed by atoms with Gasteiger partial charge in [0, 0.05) is 85.0 Å². The summed E-state index contributed by atoms with van der Waals surface area (Å²) in [7, 11) is 3.32. The normalized spacial score (nSPS) is 21.4. The topological polar surface area (TPSA) is 182 Å². The van der Waals surface area contributed by atoms with Crippen molar-refractivity contribution in [2.45, 2.75) is 105 Å². The van der Waals surface area contributed by atoms with Crippen LogP contribution in [0.5, 0.6) is 5.75 Å². The standard InChI is InChI=1S/C58H71FN10O7S3/c1-36-32-48(75-4)45(56(73)68-28-30-76-31-29-68)33-49(36)78-50-34-61-58(79-50)64-54(72)40-9-13-42(14-10-40)66-24-26-67(27-25-66)44-17-15-43(16-18-44)65-22-19-38(20-23-65)51(63-53(71)37(2)60-3)57(74)69-21-5-6-47(69)55-62-46(35-77-55)52(70)39-7-11-41(59)12-8-39/h7-14,32-35,37-38,43-44,47,51,60H,5-6,15-31H2,1-4H3,(H,63,71)(H,61,64,72)/t37-,43?,44?,47-,51-/m0/s1. The lowest BCUT2D eigenvalue weighted by atomic mass is 9.84. The molecule has 6 heterocycles. The van der Waals surface area contributed by atoms with E-state index in [0.717, 1.165) is 111 Å². The number of halogens is 1. The van der Waals surface area contributed by atoms with Crippen LogP contribution in [-0.2, 0) is 14.3 Å². The Hall–Kier alpha value is -5.81. The van der Waals surface area contributed by atoms with Crippen LogP contribution in [0.25, 0.3) is 0 Å². The molecule has 10 rings (SSSR count). The van der Waals surface area contributed by atoms with Gasteiger partial charge in [0.15, 0.2) is 5.13 Å². The number of nitrogens with zero attached hydrogens (tertiary/aromatic N) is 7. The molecular weight excluding hydrogens is 1060 g/mol. The number of hydrogen-bond acceptors (Lipinski definition) is 16. The second-order valence-corrected chi connectivity index (χ2v) is 24.5. The zero-order chi connectivity index (χ0) is 55.2. The van der Waals surface area contributed by atoms with Crippen molar-refractivity contribution in [2.24, 2.45) is 5.92 Å². The minimum Gasteiger partial charge on any atom is -0.496 e. The number of benzene rings is 3. The lowest BCUT2D eigenvalue weighted by Crippen LogP contribution is -2.57. The van der Waals surface area contributed by atoms with Crippen LogP contribution in [0.15, 0.2) is 81.3 Å². The Labute approximate surface area is 474 Å². The van der Waals surface area contributed by atoms with E-state index in [1.807, 2.05) is 48.2 Å². The fraction of sp³-hybridized carbons (Fsp3) is 0.500. The third kappa shape index (κ3) is 13.2. The number of anilines is 2. The number of likely N-dealkylation sites (N-methyl/N-ethyl adjacent to an activating group) is 1. The van der Waals surface area contributed by atoms with E-state index in [1.165, 1.54) is 58.7 Å². The van der Waals surface area contributed by atoms with Gasteiger partial charge in [0.1, 0.15) is 28.3 Å². The summed E-state index contributed by atoms with van der Waals surface area (Å²) in [5.41, 5.74) is 3.78. The van der Waals surface area contributed by atoms with E-state index in [-0.39, 0.29) is 47.1 Å². The quantitative estimate of drug-likeness (QED) is 0.0769. The molecule has 17 nitrogen and oxygen atoms in total. The number of thiazole rings is 2. The van der Waals surface area contributed by atoms with E-state index in [4.69, 9.17) is 14.5 Å². The minimum absolute atomic E-state index is 0.0133. The van der Waals surface area contributed by atoms with Crippen LogP contribution < -0.4 is 25.6 Å². The lowest BCUT2D eigenvalue weighted by molar-refractivity contribution is -0.140. The predicted octanol–water partition coefficient (Wildman–Crippen LogP) is 7.76. The molecule has 0 radical (unpaired) electrons. The van der Waals surface area contributed by atoms with Gasteiger partial charge in [-0.25, -0.2) is 14.4 Å². The van der Waals surface area contributed by atoms with Crippen LogP contribution in [0.4, 0.5) is 15.2 Å². The minimum atomic E-state index is -0.667. The first-order valence-electron chi connectivity index (χ1n) is 27.7. The van der Waals surface area contributed by atoms with E-state index in [1.54, 1.807) is 37.6 Å². The molecule has 5 fully saturated rings. The van der Waals surface area contributed by atoms with Crippen LogP contribution in [0.2, 0.25) is 0 Å². The Morgan fingerprint density at radius 1 is 0.823 bits per heavy atom. The molecular formula is C58H71FN10O7S3. The van der Waals surface area contributed by atoms with Gasteiger partial charge in [-0.15, -0.1) is 11.3 Å². The number of piperazine rings is 1. The number of hydrogen-bond donors (Lipinski definition) is 3. The monoisotopic (exact) mass is 1130 g/mol. The van der Waals surface area contributed by atoms with Crippen molar-refractivity contribution in [2.75, 3.05) is 96.5 Å². The molecule has 0 bridgehead atoms. The summed E-state index contributed by atoms with van der Waals surface area (Å²) >= 11 is 4.26. The van der Waals surface area contributed by atoms with Crippen LogP contribution in [-0.4, -0.2) is 169 Å². The molecule has 2 aromatic heterocycles. The molecule has 5 aliphatic rings. The second kappa shape index (κ2) is 25.8. The third-order valence-corrected chi connectivity index (χ3v) is 19.7. The van der Waals surface area contributed by atoms with Gasteiger partial charge in [0.2, 0.25) is 17.6 Å². The lowest BCUT2D eigenvalue weighted by Gasteiger charge is -2.46. The number of carbonyl (C=O) groups is 5. The van der Waals surface area contributed by atoms with Crippen molar-refractivity contribution in [3.05, 3.63) is 111 Å². The molecule has 21 heteroatoms. The average Bonchev–Trinajstić information content (AvgIpc) is 4.32. The van der Waals surface area contributed by atoms with Crippen molar-refractivity contribution < 1.29 is 37.8 Å². The molecule has 1 aliphatic carbocycles. The van der Waals surface area contributed by atoms with Crippen molar-refractivity contribution in [1.82, 2.24) is 40.2 Å². The number of ether oxygens (including phenoxy) is 2. The van der Waals surface area contributed by atoms with Gasteiger partial charge in [-0.2, -0.15) is 0 Å². The maximum Gasteiger partial charge on any atom is 0.257 e. The summed E-state index contributed by atoms with van der Waals surface area (Å²) < 4.78 is 25.5. The molecule has 4 amide bonds. The molecule has 3 N–H and O–H groups in total. The maximum atomic E-state index is 14.7. The highest BCUT2D eigenvalue weighted by molar-refractivity contribution is 8.01. The summed E-state index contributed by atoms with van der Waals surface area (Å²) in [5.74, 6) is -0.767. The molecule has 4 saturated heterocycles. The Kier molecular flexibility index (Phi) is 18.4. The number of aromatic nitrogens is 2. The molecule has 0 unspecified atom stereocenters. The zero-order valence-electron chi connectivity index (χ0n) is 45.4. The van der Waals surface area contributed by atoms with Crippen LogP contribution in [0.3, 0.4) is 0 Å². The number of piperidine rings is 1. The number of amides is 4. The fourth-order valence-electron chi connectivity index (χ4n) is 11.8. The summed E-state index contributed by atoms with van der Waals surface area (Å²) in [6, 6.07) is 16.7. The maximum absolute atomic E-state index is 14.7. The van der Waals surface area contributed by atoms with E-state index in [0.29, 0.717) is 77.5 Å². The zero-order valence-corrected chi connectivity index (χ0v) is 47.9. The van der Waals surface area contributed by atoms with Crippen LogP contribution in [0, 0.1) is 18.7 Å². The van der Waals surface area contributed by atoms with Crippen molar-refractivity contribution in [3.63, 3.8) is 0 Å². The highest BCUT2D eigenvalue weighted by Gasteiger charge is 2.42. The third-order valence-electron chi connectivity index (χ3n) is 16.6. The van der Waals surface area contributed by atoms with Gasteiger partial charge in [-0.1, -0.05) is 23.1 Å². The number of ketones is 1. The van der Waals surface area contributed by atoms with E-state index >= 15 is 0 Å². The van der Waals surface area contributed by atoms with Gasteiger partial charge in [0.05, 0.1) is 48.4 Å². The number of aryl methyl sites for hydroxylation is 1. The largest absolute Gasteiger partial charge is 0.496 e. The summed E-state index contributed by atoms with van der Waals surface area (Å²) in [4.78, 5) is 89.6. The summed E-state index contributed by atoms with van der Waals surface area (Å²) in [6.45, 7) is 12.0. The predicted molar refractivity (Wildman–Crippen MR) is 305 cm³/mol.